The molecule has 0 radical (unpaired) electrons. The molecule has 0 N–H and O–H groups in total. The molecule has 0 spiro atoms. The molecule has 2 aromatic rings. The Bertz CT molecular complexity index is 876. The van der Waals surface area contributed by atoms with Crippen LogP contribution < -0.4 is 0 Å². The molecule has 0 unspecified atom stereocenters. The van der Waals surface area contributed by atoms with Crippen LogP contribution in [0.1, 0.15) is 89.3 Å². The third-order valence-corrected chi connectivity index (χ3v) is 6.83. The number of aromatic nitrogens is 2. The maximum atomic E-state index is 4.96. The minimum atomic E-state index is 0.126. The van der Waals surface area contributed by atoms with Crippen LogP contribution in [0.15, 0.2) is 30.7 Å². The fourth-order valence-corrected chi connectivity index (χ4v) is 6.18. The highest BCUT2D eigenvalue weighted by Crippen LogP contribution is 2.52. The Hall–Kier alpha value is -1.70. The first kappa shape index (κ1) is 17.7. The molecule has 0 amide bonds. The van der Waals surface area contributed by atoms with Crippen LogP contribution in [-0.2, 0) is 28.1 Å². The van der Waals surface area contributed by atoms with Crippen molar-refractivity contribution in [2.75, 3.05) is 0 Å². The van der Waals surface area contributed by atoms with E-state index < -0.39 is 0 Å². The van der Waals surface area contributed by atoms with Crippen molar-refractivity contribution in [3.05, 3.63) is 58.7 Å². The summed E-state index contributed by atoms with van der Waals surface area (Å²) in [7, 11) is 0. The van der Waals surface area contributed by atoms with Crippen molar-refractivity contribution >= 4 is 0 Å². The Morgan fingerprint density at radius 3 is 2.23 bits per heavy atom. The van der Waals surface area contributed by atoms with Crippen LogP contribution in [0.4, 0.5) is 0 Å². The molecule has 0 aromatic carbocycles. The average Bonchev–Trinajstić information content (AvgIpc) is 2.84. The molecule has 0 fully saturated rings. The molecular weight excluding hydrogens is 316 g/mol. The highest BCUT2D eigenvalue weighted by molar-refractivity contribution is 5.46. The van der Waals surface area contributed by atoms with Crippen LogP contribution in [0.25, 0.3) is 0 Å². The summed E-state index contributed by atoms with van der Waals surface area (Å²) in [6, 6.07) is 4.66. The zero-order chi connectivity index (χ0) is 19.0. The van der Waals surface area contributed by atoms with Gasteiger partial charge in [0.1, 0.15) is 0 Å². The maximum absolute atomic E-state index is 4.96. The van der Waals surface area contributed by atoms with E-state index in [0.29, 0.717) is 0 Å². The lowest BCUT2D eigenvalue weighted by molar-refractivity contribution is 0.373. The van der Waals surface area contributed by atoms with E-state index in [9.17, 15) is 0 Å². The summed E-state index contributed by atoms with van der Waals surface area (Å²) in [5, 5.41) is 0. The highest BCUT2D eigenvalue weighted by atomic mass is 14.7. The molecule has 2 aromatic heterocycles. The standard InChI is InChI=1S/C24H32N2/c1-21(2)14-23(5,6)20-18(21)10-16(12-26-20)11-24(7)15-22(3,4)17-8-9-25-13-19(17)24/h8-10,12-13H,11,14-15H2,1-7H3/t24-/m0/s1. The van der Waals surface area contributed by atoms with Gasteiger partial charge in [0, 0.05) is 29.7 Å². The summed E-state index contributed by atoms with van der Waals surface area (Å²) in [6.07, 6.45) is 9.53. The second-order valence-electron chi connectivity index (χ2n) is 10.9. The van der Waals surface area contributed by atoms with Crippen LogP contribution in [0.2, 0.25) is 0 Å². The molecule has 2 heterocycles. The van der Waals surface area contributed by atoms with Gasteiger partial charge >= 0.3 is 0 Å². The fraction of sp³-hybridized carbons (Fsp3) is 0.583. The Morgan fingerprint density at radius 2 is 1.50 bits per heavy atom. The van der Waals surface area contributed by atoms with Crippen LogP contribution in [0.5, 0.6) is 0 Å². The van der Waals surface area contributed by atoms with Gasteiger partial charge in [-0.3, -0.25) is 9.97 Å². The molecule has 2 aliphatic rings. The topological polar surface area (TPSA) is 25.8 Å². The molecule has 1 atom stereocenters. The number of rotatable bonds is 2. The van der Waals surface area contributed by atoms with E-state index in [4.69, 9.17) is 4.98 Å². The van der Waals surface area contributed by atoms with E-state index in [0.717, 1.165) is 12.8 Å². The Morgan fingerprint density at radius 1 is 0.808 bits per heavy atom. The van der Waals surface area contributed by atoms with Crippen LogP contribution in [0, 0.1) is 0 Å². The second-order valence-corrected chi connectivity index (χ2v) is 10.9. The molecule has 138 valence electrons. The third kappa shape index (κ3) is 2.52. The molecule has 4 rings (SSSR count). The lowest BCUT2D eigenvalue weighted by Crippen LogP contribution is -2.25. The zero-order valence-corrected chi connectivity index (χ0v) is 17.4. The van der Waals surface area contributed by atoms with E-state index in [1.54, 1.807) is 0 Å². The zero-order valence-electron chi connectivity index (χ0n) is 17.4. The van der Waals surface area contributed by atoms with Crippen LogP contribution >= 0.6 is 0 Å². The Kier molecular flexibility index (Phi) is 3.53. The average molecular weight is 349 g/mol. The summed E-state index contributed by atoms with van der Waals surface area (Å²) in [6.45, 7) is 16.5. The smallest absolute Gasteiger partial charge is 0.0497 e. The van der Waals surface area contributed by atoms with E-state index in [-0.39, 0.29) is 21.7 Å². The van der Waals surface area contributed by atoms with Crippen LogP contribution in [-0.4, -0.2) is 9.97 Å². The molecule has 26 heavy (non-hydrogen) atoms. The van der Waals surface area contributed by atoms with E-state index in [1.165, 1.54) is 34.4 Å². The van der Waals surface area contributed by atoms with Gasteiger partial charge in [0.2, 0.25) is 0 Å². The van der Waals surface area contributed by atoms with Gasteiger partial charge < -0.3 is 0 Å². The maximum Gasteiger partial charge on any atom is 0.0497 e. The van der Waals surface area contributed by atoms with Crippen molar-refractivity contribution in [3.63, 3.8) is 0 Å². The van der Waals surface area contributed by atoms with E-state index in [1.807, 2.05) is 6.20 Å². The molecule has 0 bridgehead atoms. The van der Waals surface area contributed by atoms with E-state index >= 15 is 0 Å². The molecular formula is C24H32N2. The molecule has 2 nitrogen and oxygen atoms in total. The molecule has 0 aliphatic heterocycles. The monoisotopic (exact) mass is 348 g/mol. The van der Waals surface area contributed by atoms with Crippen molar-refractivity contribution in [1.82, 2.24) is 9.97 Å². The predicted molar refractivity (Wildman–Crippen MR) is 108 cm³/mol. The Balaban J connectivity index is 1.74. The first-order chi connectivity index (χ1) is 11.9. The first-order valence-corrected chi connectivity index (χ1v) is 9.90. The normalized spacial score (nSPS) is 27.2. The van der Waals surface area contributed by atoms with Gasteiger partial charge in [-0.05, 0) is 63.8 Å². The van der Waals surface area contributed by atoms with Crippen LogP contribution in [0.3, 0.4) is 0 Å². The number of fused-ring (bicyclic) bond motifs is 2. The van der Waals surface area contributed by atoms with Gasteiger partial charge in [-0.25, -0.2) is 0 Å². The minimum Gasteiger partial charge on any atom is -0.264 e. The highest BCUT2D eigenvalue weighted by Gasteiger charge is 2.46. The number of nitrogens with zero attached hydrogens (tertiary/aromatic N) is 2. The molecule has 0 saturated carbocycles. The molecule has 2 heteroatoms. The van der Waals surface area contributed by atoms with Gasteiger partial charge in [0.25, 0.3) is 0 Å². The first-order valence-electron chi connectivity index (χ1n) is 9.90. The SMILES string of the molecule is CC1(C)C[C@](C)(Cc2cnc3c(c2)C(C)(C)CC3(C)C)c2cnccc21. The quantitative estimate of drug-likeness (QED) is 0.704. The third-order valence-electron chi connectivity index (χ3n) is 6.83. The van der Waals surface area contributed by atoms with Crippen molar-refractivity contribution in [3.8, 4) is 0 Å². The van der Waals surface area contributed by atoms with Gasteiger partial charge in [-0.1, -0.05) is 54.5 Å². The lowest BCUT2D eigenvalue weighted by atomic mass is 9.76. The number of hydrogen-bond donors (Lipinski definition) is 0. The fourth-order valence-electron chi connectivity index (χ4n) is 6.18. The predicted octanol–water partition coefficient (Wildman–Crippen LogP) is 5.62. The van der Waals surface area contributed by atoms with Gasteiger partial charge in [-0.15, -0.1) is 0 Å². The molecule has 0 saturated heterocycles. The number of pyridine rings is 2. The molecule has 2 aliphatic carbocycles. The summed E-state index contributed by atoms with van der Waals surface area (Å²) >= 11 is 0. The summed E-state index contributed by atoms with van der Waals surface area (Å²) in [5.41, 5.74) is 7.71. The minimum absolute atomic E-state index is 0.126. The summed E-state index contributed by atoms with van der Waals surface area (Å²) < 4.78 is 0. The van der Waals surface area contributed by atoms with Crippen molar-refractivity contribution in [2.24, 2.45) is 0 Å². The van der Waals surface area contributed by atoms with Gasteiger partial charge in [0.15, 0.2) is 0 Å². The van der Waals surface area contributed by atoms with E-state index in [2.05, 4.69) is 78.0 Å². The van der Waals surface area contributed by atoms with Crippen molar-refractivity contribution < 1.29 is 0 Å². The second kappa shape index (κ2) is 5.18. The van der Waals surface area contributed by atoms with Crippen molar-refractivity contribution in [1.29, 1.82) is 0 Å². The van der Waals surface area contributed by atoms with Gasteiger partial charge in [0.05, 0.1) is 0 Å². The summed E-state index contributed by atoms with van der Waals surface area (Å²) in [5.74, 6) is 0. The lowest BCUT2D eigenvalue weighted by Gasteiger charge is -2.28. The van der Waals surface area contributed by atoms with Crippen molar-refractivity contribution in [2.45, 2.75) is 89.4 Å². The largest absolute Gasteiger partial charge is 0.264 e. The Labute approximate surface area is 158 Å². The number of hydrogen-bond acceptors (Lipinski definition) is 2. The summed E-state index contributed by atoms with van der Waals surface area (Å²) in [4.78, 5) is 9.40. The van der Waals surface area contributed by atoms with Gasteiger partial charge in [-0.2, -0.15) is 0 Å².